The number of halogens is 1. The van der Waals surface area contributed by atoms with Crippen molar-refractivity contribution < 1.29 is 26.8 Å². The Morgan fingerprint density at radius 2 is 1.83 bits per heavy atom. The fraction of sp³-hybridized carbons (Fsp3) is 0.286. The molecular weight excluding hydrogens is 411 g/mol. The van der Waals surface area contributed by atoms with Crippen molar-refractivity contribution in [2.24, 2.45) is 0 Å². The number of anilines is 1. The molecule has 1 aliphatic heterocycles. The molecule has 0 amide bonds. The van der Waals surface area contributed by atoms with Crippen LogP contribution in [0.4, 0.5) is 10.1 Å². The summed E-state index contributed by atoms with van der Waals surface area (Å²) in [6.45, 7) is 3.10. The van der Waals surface area contributed by atoms with Gasteiger partial charge in [-0.3, -0.25) is 4.79 Å². The van der Waals surface area contributed by atoms with Crippen LogP contribution in [0, 0.1) is 12.7 Å². The number of furan rings is 1. The number of sulfonamides is 1. The Hall–Kier alpha value is -2.75. The number of ether oxygens (including phenoxy) is 1. The van der Waals surface area contributed by atoms with Crippen molar-refractivity contribution >= 4 is 32.5 Å². The molecule has 0 bridgehead atoms. The number of hydrogen-bond donors (Lipinski definition) is 1. The third-order valence-corrected chi connectivity index (χ3v) is 6.98. The molecule has 0 spiro atoms. The second kappa shape index (κ2) is 8.17. The second-order valence-electron chi connectivity index (χ2n) is 7.01. The van der Waals surface area contributed by atoms with Crippen molar-refractivity contribution in [3.63, 3.8) is 0 Å². The third-order valence-electron chi connectivity index (χ3n) is 5.07. The molecule has 1 aliphatic rings. The molecule has 0 radical (unpaired) electrons. The minimum Gasteiger partial charge on any atom is -0.453 e. The van der Waals surface area contributed by atoms with Gasteiger partial charge in [-0.25, -0.2) is 12.8 Å². The smallest absolute Gasteiger partial charge is 0.243 e. The number of Topliss-reactive ketones (excluding diaryl/α,β-unsaturated/α-hetero) is 1. The van der Waals surface area contributed by atoms with Gasteiger partial charge in [-0.1, -0.05) is 0 Å². The van der Waals surface area contributed by atoms with Gasteiger partial charge >= 0.3 is 0 Å². The van der Waals surface area contributed by atoms with E-state index in [0.29, 0.717) is 48.5 Å². The van der Waals surface area contributed by atoms with Gasteiger partial charge in [-0.15, -0.1) is 0 Å². The Labute approximate surface area is 173 Å². The molecule has 1 N–H and O–H groups in total. The molecule has 158 valence electrons. The molecule has 2 heterocycles. The minimum atomic E-state index is -3.56. The zero-order chi connectivity index (χ0) is 21.3. The number of carbonyl (C=O) groups excluding carboxylic acids is 1. The SMILES string of the molecule is Cc1c(C(=O)CNc2ccc(S(=O)(=O)N3CCOCC3)cc2)oc2ccc(F)cc12. The summed E-state index contributed by atoms with van der Waals surface area (Å²) < 4.78 is 50.9. The summed E-state index contributed by atoms with van der Waals surface area (Å²) in [5.74, 6) is -0.501. The number of aryl methyl sites for hydroxylation is 1. The third kappa shape index (κ3) is 3.96. The fourth-order valence-corrected chi connectivity index (χ4v) is 4.81. The van der Waals surface area contributed by atoms with E-state index in [1.807, 2.05) is 0 Å². The first-order valence-electron chi connectivity index (χ1n) is 9.50. The Kier molecular flexibility index (Phi) is 5.59. The summed E-state index contributed by atoms with van der Waals surface area (Å²) in [5, 5.41) is 3.54. The maximum absolute atomic E-state index is 13.4. The molecule has 1 fully saturated rings. The van der Waals surface area contributed by atoms with E-state index >= 15 is 0 Å². The van der Waals surface area contributed by atoms with Crippen LogP contribution in [-0.4, -0.2) is 51.4 Å². The molecule has 1 aromatic heterocycles. The van der Waals surface area contributed by atoms with Crippen molar-refractivity contribution in [1.29, 1.82) is 0 Å². The molecule has 30 heavy (non-hydrogen) atoms. The standard InChI is InChI=1S/C21H21FN2O5S/c1-14-18-12-15(22)2-7-20(18)29-21(14)19(25)13-23-16-3-5-17(6-4-16)30(26,27)24-8-10-28-11-9-24/h2-7,12,23H,8-11,13H2,1H3. The minimum absolute atomic E-state index is 0.0430. The zero-order valence-electron chi connectivity index (χ0n) is 16.4. The zero-order valence-corrected chi connectivity index (χ0v) is 17.2. The number of hydrogen-bond acceptors (Lipinski definition) is 6. The number of rotatable bonds is 6. The molecule has 3 aromatic rings. The van der Waals surface area contributed by atoms with Crippen LogP contribution >= 0.6 is 0 Å². The summed E-state index contributed by atoms with van der Waals surface area (Å²) in [7, 11) is -3.56. The largest absolute Gasteiger partial charge is 0.453 e. The number of benzene rings is 2. The Morgan fingerprint density at radius 1 is 1.13 bits per heavy atom. The molecule has 9 heteroatoms. The van der Waals surface area contributed by atoms with Crippen molar-refractivity contribution in [3.05, 3.63) is 59.6 Å². The molecule has 0 saturated carbocycles. The lowest BCUT2D eigenvalue weighted by atomic mass is 10.1. The Balaban J connectivity index is 1.44. The van der Waals surface area contributed by atoms with Gasteiger partial charge in [0.2, 0.25) is 15.8 Å². The molecule has 7 nitrogen and oxygen atoms in total. The van der Waals surface area contributed by atoms with Crippen molar-refractivity contribution in [2.45, 2.75) is 11.8 Å². The predicted molar refractivity (Wildman–Crippen MR) is 110 cm³/mol. The number of ketones is 1. The lowest BCUT2D eigenvalue weighted by molar-refractivity contribution is 0.0730. The second-order valence-corrected chi connectivity index (χ2v) is 8.95. The summed E-state index contributed by atoms with van der Waals surface area (Å²) >= 11 is 0. The normalized spacial score (nSPS) is 15.4. The number of fused-ring (bicyclic) bond motifs is 1. The van der Waals surface area contributed by atoms with E-state index in [-0.39, 0.29) is 23.0 Å². The maximum Gasteiger partial charge on any atom is 0.243 e. The highest BCUT2D eigenvalue weighted by Gasteiger charge is 2.26. The molecule has 0 unspecified atom stereocenters. The fourth-order valence-electron chi connectivity index (χ4n) is 3.40. The van der Waals surface area contributed by atoms with Gasteiger partial charge in [0.05, 0.1) is 24.7 Å². The first-order chi connectivity index (χ1) is 14.4. The highest BCUT2D eigenvalue weighted by Crippen LogP contribution is 2.26. The topological polar surface area (TPSA) is 88.9 Å². The van der Waals surface area contributed by atoms with Crippen LogP contribution in [0.2, 0.25) is 0 Å². The summed E-state index contributed by atoms with van der Waals surface area (Å²) in [6, 6.07) is 10.4. The van der Waals surface area contributed by atoms with Crippen LogP contribution in [0.3, 0.4) is 0 Å². The lowest BCUT2D eigenvalue weighted by Gasteiger charge is -2.26. The van der Waals surface area contributed by atoms with E-state index in [4.69, 9.17) is 9.15 Å². The van der Waals surface area contributed by atoms with Gasteiger partial charge < -0.3 is 14.5 Å². The first kappa shape index (κ1) is 20.5. The number of carbonyl (C=O) groups is 1. The van der Waals surface area contributed by atoms with Crippen LogP contribution in [0.5, 0.6) is 0 Å². The molecule has 1 saturated heterocycles. The average molecular weight is 432 g/mol. The molecule has 4 rings (SSSR count). The lowest BCUT2D eigenvalue weighted by Crippen LogP contribution is -2.40. The summed E-state index contributed by atoms with van der Waals surface area (Å²) in [5.41, 5.74) is 1.64. The molecular formula is C21H21FN2O5S. The van der Waals surface area contributed by atoms with Crippen LogP contribution in [-0.2, 0) is 14.8 Å². The predicted octanol–water partition coefficient (Wildman–Crippen LogP) is 3.20. The summed E-state index contributed by atoms with van der Waals surface area (Å²) in [4.78, 5) is 12.8. The molecule has 0 aliphatic carbocycles. The van der Waals surface area contributed by atoms with Crippen molar-refractivity contribution in [3.8, 4) is 0 Å². The van der Waals surface area contributed by atoms with E-state index in [1.54, 1.807) is 19.1 Å². The van der Waals surface area contributed by atoms with Crippen LogP contribution < -0.4 is 5.32 Å². The quantitative estimate of drug-likeness (QED) is 0.602. The van der Waals surface area contributed by atoms with E-state index in [2.05, 4.69) is 5.32 Å². The van der Waals surface area contributed by atoms with E-state index in [9.17, 15) is 17.6 Å². The monoisotopic (exact) mass is 432 g/mol. The van der Waals surface area contributed by atoms with Gasteiger partial charge in [0.1, 0.15) is 11.4 Å². The van der Waals surface area contributed by atoms with E-state index < -0.39 is 15.8 Å². The van der Waals surface area contributed by atoms with Gasteiger partial charge in [0.15, 0.2) is 5.76 Å². The average Bonchev–Trinajstić information content (AvgIpc) is 3.09. The van der Waals surface area contributed by atoms with Crippen molar-refractivity contribution in [2.75, 3.05) is 38.2 Å². The van der Waals surface area contributed by atoms with Gasteiger partial charge in [-0.2, -0.15) is 4.31 Å². The molecule has 0 atom stereocenters. The van der Waals surface area contributed by atoms with Crippen LogP contribution in [0.15, 0.2) is 51.8 Å². The Bertz CT molecular complexity index is 1180. The molecule has 2 aromatic carbocycles. The van der Waals surface area contributed by atoms with E-state index in [1.165, 1.54) is 34.6 Å². The Morgan fingerprint density at radius 3 is 2.53 bits per heavy atom. The first-order valence-corrected chi connectivity index (χ1v) is 10.9. The number of nitrogens with zero attached hydrogens (tertiary/aromatic N) is 1. The van der Waals surface area contributed by atoms with Crippen LogP contribution in [0.1, 0.15) is 16.1 Å². The maximum atomic E-state index is 13.4. The van der Waals surface area contributed by atoms with Gasteiger partial charge in [0.25, 0.3) is 0 Å². The highest BCUT2D eigenvalue weighted by atomic mass is 32.2. The van der Waals surface area contributed by atoms with Crippen LogP contribution in [0.25, 0.3) is 11.0 Å². The summed E-state index contributed by atoms with van der Waals surface area (Å²) in [6.07, 6.45) is 0. The van der Waals surface area contributed by atoms with Crippen molar-refractivity contribution in [1.82, 2.24) is 4.31 Å². The van der Waals surface area contributed by atoms with Gasteiger partial charge in [-0.05, 0) is 49.4 Å². The van der Waals surface area contributed by atoms with E-state index in [0.717, 1.165) is 0 Å². The highest BCUT2D eigenvalue weighted by molar-refractivity contribution is 7.89. The van der Waals surface area contributed by atoms with Gasteiger partial charge in [0, 0.05) is 29.7 Å². The number of nitrogens with one attached hydrogen (secondary N) is 1. The number of morpholine rings is 1.